The predicted octanol–water partition coefficient (Wildman–Crippen LogP) is 2.24. The Balaban J connectivity index is 0.00000392. The number of hydrogen-bond donors (Lipinski definition) is 2. The number of nitrogens with zero attached hydrogens (tertiary/aromatic N) is 5. The first-order chi connectivity index (χ1) is 12.9. The molecule has 0 aliphatic carbocycles. The summed E-state index contributed by atoms with van der Waals surface area (Å²) in [5, 5.41) is 14.4. The van der Waals surface area contributed by atoms with Gasteiger partial charge in [-0.25, -0.2) is 4.79 Å². The molecule has 1 aliphatic rings. The van der Waals surface area contributed by atoms with E-state index in [2.05, 4.69) is 25.8 Å². The molecule has 1 aromatic rings. The Bertz CT molecular complexity index is 602. The molecule has 0 bridgehead atoms. The number of unbranched alkanes of at least 4 members (excludes halogenated alkanes) is 1. The average molecular weight is 507 g/mol. The number of aryl methyl sites for hydroxylation is 1. The molecule has 10 heteroatoms. The summed E-state index contributed by atoms with van der Waals surface area (Å²) < 4.78 is 7.45. The molecule has 1 amide bonds. The molecule has 0 saturated carbocycles. The normalized spacial score (nSPS) is 17.6. The first kappa shape index (κ1) is 24.4. The van der Waals surface area contributed by atoms with Crippen molar-refractivity contribution in [2.24, 2.45) is 4.99 Å². The number of likely N-dealkylation sites (tertiary alicyclic amines) is 1. The maximum absolute atomic E-state index is 12.3. The lowest BCUT2D eigenvalue weighted by atomic mass is 10.1. The van der Waals surface area contributed by atoms with Crippen molar-refractivity contribution in [3.8, 4) is 0 Å². The van der Waals surface area contributed by atoms with E-state index in [1.165, 1.54) is 0 Å². The number of aliphatic imine (C=N–C) groups is 1. The fraction of sp³-hybridized carbons (Fsp3) is 0.778. The first-order valence-corrected chi connectivity index (χ1v) is 9.65. The van der Waals surface area contributed by atoms with E-state index in [9.17, 15) is 4.79 Å². The summed E-state index contributed by atoms with van der Waals surface area (Å²) in [5.41, 5.74) is -0.470. The highest BCUT2D eigenvalue weighted by Crippen LogP contribution is 2.15. The molecule has 28 heavy (non-hydrogen) atoms. The van der Waals surface area contributed by atoms with Gasteiger partial charge in [0, 0.05) is 39.3 Å². The molecule has 2 heterocycles. The molecular weight excluding hydrogens is 473 g/mol. The lowest BCUT2D eigenvalue weighted by molar-refractivity contribution is 0.0193. The van der Waals surface area contributed by atoms with Crippen molar-refractivity contribution < 1.29 is 9.53 Å². The zero-order valence-electron chi connectivity index (χ0n) is 17.3. The Morgan fingerprint density at radius 2 is 2.00 bits per heavy atom. The topological polar surface area (TPSA) is 96.7 Å². The molecule has 1 unspecified atom stereocenters. The third kappa shape index (κ3) is 9.07. The van der Waals surface area contributed by atoms with Crippen LogP contribution in [0, 0.1) is 0 Å². The second-order valence-corrected chi connectivity index (χ2v) is 7.82. The number of guanidine groups is 1. The van der Waals surface area contributed by atoms with Crippen LogP contribution in [0.4, 0.5) is 4.79 Å². The third-order valence-electron chi connectivity index (χ3n) is 4.24. The number of hydrogen-bond acceptors (Lipinski definition) is 5. The molecule has 1 atom stereocenters. The smallest absolute Gasteiger partial charge is 0.410 e. The van der Waals surface area contributed by atoms with Crippen LogP contribution in [0.1, 0.15) is 46.5 Å². The van der Waals surface area contributed by atoms with Crippen LogP contribution in [0.2, 0.25) is 0 Å². The molecule has 0 aromatic carbocycles. The van der Waals surface area contributed by atoms with Gasteiger partial charge in [0.15, 0.2) is 5.96 Å². The Morgan fingerprint density at radius 3 is 2.64 bits per heavy atom. The highest BCUT2D eigenvalue weighted by molar-refractivity contribution is 14.0. The standard InChI is InChI=1S/C18H33N7O2.HI/c1-18(2,3)27-17(26)25-11-7-8-15(12-25)23-16(19-4)20-9-5-6-10-24-13-21-22-14-24;/h13-15H,5-12H2,1-4H3,(H2,19,20,23);1H. The van der Waals surface area contributed by atoms with Gasteiger partial charge in [-0.05, 0) is 46.5 Å². The quantitative estimate of drug-likeness (QED) is 0.266. The van der Waals surface area contributed by atoms with Crippen molar-refractivity contribution >= 4 is 36.0 Å². The number of carbonyl (C=O) groups excluding carboxylic acids is 1. The van der Waals surface area contributed by atoms with E-state index >= 15 is 0 Å². The van der Waals surface area contributed by atoms with Crippen LogP contribution >= 0.6 is 24.0 Å². The van der Waals surface area contributed by atoms with Crippen LogP contribution in [0.15, 0.2) is 17.6 Å². The number of ether oxygens (including phenoxy) is 1. The minimum absolute atomic E-state index is 0. The van der Waals surface area contributed by atoms with Crippen LogP contribution in [0.25, 0.3) is 0 Å². The number of halogens is 1. The zero-order chi connectivity index (χ0) is 19.7. The lowest BCUT2D eigenvalue weighted by Gasteiger charge is -2.35. The van der Waals surface area contributed by atoms with Gasteiger partial charge in [-0.15, -0.1) is 34.2 Å². The summed E-state index contributed by atoms with van der Waals surface area (Å²) in [4.78, 5) is 18.3. The lowest BCUT2D eigenvalue weighted by Crippen LogP contribution is -2.53. The molecule has 2 N–H and O–H groups in total. The Hall–Kier alpha value is -1.59. The number of piperidine rings is 1. The summed E-state index contributed by atoms with van der Waals surface area (Å²) in [6.07, 6.45) is 7.23. The second-order valence-electron chi connectivity index (χ2n) is 7.82. The second kappa shape index (κ2) is 12.1. The van der Waals surface area contributed by atoms with Crippen molar-refractivity contribution in [1.82, 2.24) is 30.3 Å². The van der Waals surface area contributed by atoms with E-state index in [1.54, 1.807) is 24.6 Å². The van der Waals surface area contributed by atoms with Gasteiger partial charge >= 0.3 is 6.09 Å². The van der Waals surface area contributed by atoms with Gasteiger partial charge < -0.3 is 24.8 Å². The number of amides is 1. The van der Waals surface area contributed by atoms with E-state index in [0.29, 0.717) is 6.54 Å². The average Bonchev–Trinajstić information content (AvgIpc) is 3.12. The molecule has 1 aromatic heterocycles. The maximum Gasteiger partial charge on any atom is 0.410 e. The SMILES string of the molecule is CN=C(NCCCCn1cnnc1)NC1CCCN(C(=O)OC(C)(C)C)C1.I. The third-order valence-corrected chi connectivity index (χ3v) is 4.24. The van der Waals surface area contributed by atoms with Crippen LogP contribution in [-0.4, -0.2) is 70.0 Å². The summed E-state index contributed by atoms with van der Waals surface area (Å²) in [7, 11) is 1.76. The molecular formula is C18H34IN7O2. The van der Waals surface area contributed by atoms with E-state index in [0.717, 1.165) is 51.3 Å². The Labute approximate surface area is 184 Å². The van der Waals surface area contributed by atoms with Gasteiger partial charge in [0.25, 0.3) is 0 Å². The van der Waals surface area contributed by atoms with Gasteiger partial charge in [0.1, 0.15) is 18.3 Å². The van der Waals surface area contributed by atoms with Gasteiger partial charge in [-0.2, -0.15) is 0 Å². The number of carbonyl (C=O) groups is 1. The molecule has 2 rings (SSSR count). The van der Waals surface area contributed by atoms with Crippen molar-refractivity contribution in [2.75, 3.05) is 26.7 Å². The summed E-state index contributed by atoms with van der Waals surface area (Å²) in [6, 6.07) is 0.175. The Kier molecular flexibility index (Phi) is 10.5. The van der Waals surface area contributed by atoms with E-state index < -0.39 is 5.60 Å². The molecule has 0 radical (unpaired) electrons. The molecule has 1 fully saturated rings. The van der Waals surface area contributed by atoms with E-state index in [4.69, 9.17) is 4.74 Å². The minimum atomic E-state index is -0.470. The molecule has 160 valence electrons. The molecule has 0 spiro atoms. The monoisotopic (exact) mass is 507 g/mol. The van der Waals surface area contributed by atoms with E-state index in [1.807, 2.05) is 25.3 Å². The van der Waals surface area contributed by atoms with Gasteiger partial charge in [-0.3, -0.25) is 4.99 Å². The van der Waals surface area contributed by atoms with Crippen molar-refractivity contribution in [2.45, 2.75) is 64.6 Å². The van der Waals surface area contributed by atoms with Gasteiger partial charge in [-0.1, -0.05) is 0 Å². The van der Waals surface area contributed by atoms with Crippen LogP contribution in [-0.2, 0) is 11.3 Å². The van der Waals surface area contributed by atoms with Gasteiger partial charge in [0.2, 0.25) is 0 Å². The fourth-order valence-corrected chi connectivity index (χ4v) is 2.94. The van der Waals surface area contributed by atoms with E-state index in [-0.39, 0.29) is 36.1 Å². The maximum atomic E-state index is 12.3. The van der Waals surface area contributed by atoms with Crippen molar-refractivity contribution in [3.05, 3.63) is 12.7 Å². The molecule has 1 saturated heterocycles. The van der Waals surface area contributed by atoms with Crippen LogP contribution in [0.5, 0.6) is 0 Å². The summed E-state index contributed by atoms with van der Waals surface area (Å²) >= 11 is 0. The highest BCUT2D eigenvalue weighted by atomic mass is 127. The highest BCUT2D eigenvalue weighted by Gasteiger charge is 2.27. The number of nitrogens with one attached hydrogen (secondary N) is 2. The molecule has 1 aliphatic heterocycles. The largest absolute Gasteiger partial charge is 0.444 e. The predicted molar refractivity (Wildman–Crippen MR) is 120 cm³/mol. The minimum Gasteiger partial charge on any atom is -0.444 e. The number of aromatic nitrogens is 3. The fourth-order valence-electron chi connectivity index (χ4n) is 2.94. The van der Waals surface area contributed by atoms with Crippen molar-refractivity contribution in [3.63, 3.8) is 0 Å². The number of rotatable bonds is 6. The Morgan fingerprint density at radius 1 is 1.29 bits per heavy atom. The van der Waals surface area contributed by atoms with Crippen LogP contribution < -0.4 is 10.6 Å². The van der Waals surface area contributed by atoms with Crippen LogP contribution in [0.3, 0.4) is 0 Å². The summed E-state index contributed by atoms with van der Waals surface area (Å²) in [6.45, 7) is 8.78. The zero-order valence-corrected chi connectivity index (χ0v) is 19.7. The van der Waals surface area contributed by atoms with Crippen molar-refractivity contribution in [1.29, 1.82) is 0 Å². The summed E-state index contributed by atoms with van der Waals surface area (Å²) in [5.74, 6) is 0.773. The molecule has 9 nitrogen and oxygen atoms in total. The first-order valence-electron chi connectivity index (χ1n) is 9.65. The van der Waals surface area contributed by atoms with Gasteiger partial charge in [0.05, 0.1) is 0 Å².